The number of urea groups is 1. The molecule has 2 amide bonds. The molecule has 1 aliphatic rings. The lowest BCUT2D eigenvalue weighted by Crippen LogP contribution is -2.57. The fraction of sp³-hybridized carbons (Fsp3) is 0.857. The molecule has 0 spiro atoms. The summed E-state index contributed by atoms with van der Waals surface area (Å²) in [5.74, 6) is -0.775. The normalized spacial score (nSPS) is 24.6. The number of aliphatic carboxylic acids is 1. The maximum absolute atomic E-state index is 12.3. The van der Waals surface area contributed by atoms with Crippen LogP contribution in [0.5, 0.6) is 0 Å². The monoisotopic (exact) mass is 286 g/mol. The Bertz CT molecular complexity index is 346. The summed E-state index contributed by atoms with van der Waals surface area (Å²) < 4.78 is 5.54. The zero-order valence-electron chi connectivity index (χ0n) is 12.8. The van der Waals surface area contributed by atoms with Crippen molar-refractivity contribution < 1.29 is 19.4 Å². The fourth-order valence-corrected chi connectivity index (χ4v) is 2.36. The van der Waals surface area contributed by atoms with Crippen molar-refractivity contribution in [2.24, 2.45) is 5.92 Å². The number of nitrogens with zero attached hydrogens (tertiary/aromatic N) is 1. The number of hydrogen-bond donors (Lipinski definition) is 2. The molecule has 1 heterocycles. The Balaban J connectivity index is 2.68. The molecule has 3 atom stereocenters. The molecule has 116 valence electrons. The van der Waals surface area contributed by atoms with Gasteiger partial charge in [0.25, 0.3) is 0 Å². The van der Waals surface area contributed by atoms with E-state index < -0.39 is 12.0 Å². The molecule has 0 aromatic carbocycles. The van der Waals surface area contributed by atoms with Crippen LogP contribution < -0.4 is 5.32 Å². The third kappa shape index (κ3) is 4.67. The fourth-order valence-electron chi connectivity index (χ4n) is 2.36. The number of carbonyl (C=O) groups excluding carboxylic acids is 1. The minimum atomic E-state index is -0.985. The summed E-state index contributed by atoms with van der Waals surface area (Å²) in [7, 11) is 0. The average Bonchev–Trinajstić information content (AvgIpc) is 2.37. The third-order valence-electron chi connectivity index (χ3n) is 3.50. The van der Waals surface area contributed by atoms with E-state index in [0.717, 1.165) is 6.42 Å². The van der Waals surface area contributed by atoms with Crippen LogP contribution in [-0.2, 0) is 9.53 Å². The number of morpholine rings is 1. The Morgan fingerprint density at radius 3 is 2.60 bits per heavy atom. The van der Waals surface area contributed by atoms with Crippen LogP contribution in [0.3, 0.4) is 0 Å². The Kier molecular flexibility index (Phi) is 6.26. The number of nitrogens with one attached hydrogen (secondary N) is 1. The summed E-state index contributed by atoms with van der Waals surface area (Å²) in [6, 6.07) is -1.13. The number of ether oxygens (including phenoxy) is 1. The second kappa shape index (κ2) is 7.47. The lowest BCUT2D eigenvalue weighted by molar-refractivity contribution is -0.139. The van der Waals surface area contributed by atoms with Gasteiger partial charge >= 0.3 is 12.0 Å². The van der Waals surface area contributed by atoms with Gasteiger partial charge in [-0.25, -0.2) is 9.59 Å². The molecule has 20 heavy (non-hydrogen) atoms. The third-order valence-corrected chi connectivity index (χ3v) is 3.50. The minimum Gasteiger partial charge on any atom is -0.480 e. The highest BCUT2D eigenvalue weighted by Gasteiger charge is 2.31. The van der Waals surface area contributed by atoms with Crippen molar-refractivity contribution in [3.8, 4) is 0 Å². The van der Waals surface area contributed by atoms with Crippen molar-refractivity contribution in [3.63, 3.8) is 0 Å². The Labute approximate surface area is 120 Å². The van der Waals surface area contributed by atoms with Crippen LogP contribution >= 0.6 is 0 Å². The molecule has 0 bridgehead atoms. The van der Waals surface area contributed by atoms with Crippen molar-refractivity contribution in [1.82, 2.24) is 10.2 Å². The quantitative estimate of drug-likeness (QED) is 0.806. The first-order valence-electron chi connectivity index (χ1n) is 7.26. The highest BCUT2D eigenvalue weighted by atomic mass is 16.5. The van der Waals surface area contributed by atoms with Gasteiger partial charge in [-0.1, -0.05) is 20.8 Å². The van der Waals surface area contributed by atoms with Crippen molar-refractivity contribution in [2.45, 2.75) is 58.7 Å². The highest BCUT2D eigenvalue weighted by molar-refractivity contribution is 5.82. The Hall–Kier alpha value is -1.30. The molecule has 0 saturated carbocycles. The van der Waals surface area contributed by atoms with Gasteiger partial charge in [-0.15, -0.1) is 0 Å². The predicted octanol–water partition coefficient (Wildman–Crippen LogP) is 1.69. The number of rotatable bonds is 5. The van der Waals surface area contributed by atoms with Gasteiger partial charge in [-0.2, -0.15) is 0 Å². The SMILES string of the molecule is CCC1COC(C)CN1C(=O)NC(CC(C)C)C(=O)O. The van der Waals surface area contributed by atoms with Crippen molar-refractivity contribution >= 4 is 12.0 Å². The highest BCUT2D eigenvalue weighted by Crippen LogP contribution is 2.15. The van der Waals surface area contributed by atoms with Crippen LogP contribution in [0.2, 0.25) is 0 Å². The van der Waals surface area contributed by atoms with E-state index in [1.165, 1.54) is 0 Å². The molecule has 3 unspecified atom stereocenters. The predicted molar refractivity (Wildman–Crippen MR) is 75.6 cm³/mol. The van der Waals surface area contributed by atoms with Crippen molar-refractivity contribution in [3.05, 3.63) is 0 Å². The summed E-state index contributed by atoms with van der Waals surface area (Å²) in [4.78, 5) is 25.2. The molecule has 6 heteroatoms. The summed E-state index contributed by atoms with van der Waals surface area (Å²) in [6.07, 6.45) is 1.21. The van der Waals surface area contributed by atoms with E-state index in [9.17, 15) is 14.7 Å². The largest absolute Gasteiger partial charge is 0.480 e. The van der Waals surface area contributed by atoms with Crippen LogP contribution in [-0.4, -0.2) is 53.3 Å². The Morgan fingerprint density at radius 1 is 1.45 bits per heavy atom. The van der Waals surface area contributed by atoms with Gasteiger partial charge < -0.3 is 20.1 Å². The summed E-state index contributed by atoms with van der Waals surface area (Å²) in [5.41, 5.74) is 0. The molecular weight excluding hydrogens is 260 g/mol. The van der Waals surface area contributed by atoms with Crippen LogP contribution in [0.1, 0.15) is 40.5 Å². The summed E-state index contributed by atoms with van der Waals surface area (Å²) in [6.45, 7) is 8.79. The number of carbonyl (C=O) groups is 2. The van der Waals surface area contributed by atoms with E-state index in [4.69, 9.17) is 4.74 Å². The molecule has 0 aromatic rings. The van der Waals surface area contributed by atoms with E-state index in [1.807, 2.05) is 27.7 Å². The van der Waals surface area contributed by atoms with Gasteiger partial charge in [0, 0.05) is 6.54 Å². The first-order valence-corrected chi connectivity index (χ1v) is 7.26. The van der Waals surface area contributed by atoms with Crippen LogP contribution in [0.4, 0.5) is 4.79 Å². The number of amides is 2. The molecule has 1 rings (SSSR count). The number of carboxylic acid groups (broad SMARTS) is 1. The lowest BCUT2D eigenvalue weighted by Gasteiger charge is -2.38. The van der Waals surface area contributed by atoms with Gasteiger partial charge in [-0.05, 0) is 25.7 Å². The topological polar surface area (TPSA) is 78.9 Å². The summed E-state index contributed by atoms with van der Waals surface area (Å²) in [5, 5.41) is 11.8. The standard InChI is InChI=1S/C14H26N2O4/c1-5-11-8-20-10(4)7-16(11)14(19)15-12(13(17)18)6-9(2)3/h9-12H,5-8H2,1-4H3,(H,15,19)(H,17,18). The van der Waals surface area contributed by atoms with E-state index in [1.54, 1.807) is 4.90 Å². The molecule has 1 saturated heterocycles. The first-order chi connectivity index (χ1) is 9.35. The zero-order valence-corrected chi connectivity index (χ0v) is 12.8. The average molecular weight is 286 g/mol. The van der Waals surface area contributed by atoms with Gasteiger partial charge in [0.15, 0.2) is 0 Å². The maximum Gasteiger partial charge on any atom is 0.326 e. The van der Waals surface area contributed by atoms with Crippen LogP contribution in [0.15, 0.2) is 0 Å². The second-order valence-corrected chi connectivity index (χ2v) is 5.83. The van der Waals surface area contributed by atoms with Crippen LogP contribution in [0, 0.1) is 5.92 Å². The van der Waals surface area contributed by atoms with E-state index in [2.05, 4.69) is 5.32 Å². The van der Waals surface area contributed by atoms with Crippen LogP contribution in [0.25, 0.3) is 0 Å². The number of hydrogen-bond acceptors (Lipinski definition) is 3. The number of carboxylic acids is 1. The summed E-state index contributed by atoms with van der Waals surface area (Å²) >= 11 is 0. The second-order valence-electron chi connectivity index (χ2n) is 5.83. The Morgan fingerprint density at radius 2 is 2.10 bits per heavy atom. The molecule has 6 nitrogen and oxygen atoms in total. The zero-order chi connectivity index (χ0) is 15.3. The maximum atomic E-state index is 12.3. The van der Waals surface area contributed by atoms with Crippen molar-refractivity contribution in [1.29, 1.82) is 0 Å². The minimum absolute atomic E-state index is 0.0136. The van der Waals surface area contributed by atoms with Gasteiger partial charge in [0.05, 0.1) is 18.8 Å². The molecule has 2 N–H and O–H groups in total. The van der Waals surface area contributed by atoms with E-state index in [0.29, 0.717) is 19.6 Å². The molecular formula is C14H26N2O4. The van der Waals surface area contributed by atoms with Crippen molar-refractivity contribution in [2.75, 3.05) is 13.2 Å². The molecule has 1 fully saturated rings. The molecule has 0 aliphatic carbocycles. The molecule has 0 radical (unpaired) electrons. The molecule has 1 aliphatic heterocycles. The first kappa shape index (κ1) is 16.8. The lowest BCUT2D eigenvalue weighted by atomic mass is 10.0. The van der Waals surface area contributed by atoms with Gasteiger partial charge in [-0.3, -0.25) is 0 Å². The smallest absolute Gasteiger partial charge is 0.326 e. The van der Waals surface area contributed by atoms with E-state index in [-0.39, 0.29) is 24.1 Å². The van der Waals surface area contributed by atoms with Gasteiger partial charge in [0.2, 0.25) is 0 Å². The molecule has 0 aromatic heterocycles. The van der Waals surface area contributed by atoms with E-state index >= 15 is 0 Å². The van der Waals surface area contributed by atoms with Gasteiger partial charge in [0.1, 0.15) is 6.04 Å².